The quantitative estimate of drug-likeness (QED) is 0.784. The molecule has 1 unspecified atom stereocenters. The molecule has 2 rings (SSSR count). The van der Waals surface area contributed by atoms with Gasteiger partial charge in [0.1, 0.15) is 12.4 Å². The van der Waals surface area contributed by atoms with E-state index in [1.54, 1.807) is 0 Å². The van der Waals surface area contributed by atoms with E-state index in [-0.39, 0.29) is 11.9 Å². The zero-order chi connectivity index (χ0) is 17.4. The van der Waals surface area contributed by atoms with Crippen molar-refractivity contribution in [3.63, 3.8) is 0 Å². The Morgan fingerprint density at radius 2 is 1.96 bits per heavy atom. The average Bonchev–Trinajstić information content (AvgIpc) is 2.59. The number of benzene rings is 2. The highest BCUT2D eigenvalue weighted by atomic mass is 16.5. The molecule has 0 spiro atoms. The van der Waals surface area contributed by atoms with Gasteiger partial charge < -0.3 is 15.4 Å². The summed E-state index contributed by atoms with van der Waals surface area (Å²) in [5.41, 5.74) is 3.33. The molecular formula is C20H26N2O2. The molecule has 0 bridgehead atoms. The minimum absolute atomic E-state index is 0.0214. The Bertz CT molecular complexity index is 670. The minimum Gasteiger partial charge on any atom is -0.489 e. The largest absolute Gasteiger partial charge is 0.489 e. The van der Waals surface area contributed by atoms with E-state index in [9.17, 15) is 4.79 Å². The maximum atomic E-state index is 12.0. The first-order chi connectivity index (χ1) is 11.6. The van der Waals surface area contributed by atoms with Crippen molar-refractivity contribution in [2.45, 2.75) is 32.9 Å². The highest BCUT2D eigenvalue weighted by molar-refractivity contribution is 5.78. The standard InChI is InChI=1S/C20H26N2O2/c1-15-7-4-5-9-18(15)14-24-19-10-6-8-17(11-19)12-20(23)22-13-16(2)21-3/h4-11,16,21H,12-14H2,1-3H3,(H,22,23). The number of nitrogens with one attached hydrogen (secondary N) is 2. The maximum Gasteiger partial charge on any atom is 0.224 e. The summed E-state index contributed by atoms with van der Waals surface area (Å²) >= 11 is 0. The van der Waals surface area contributed by atoms with Gasteiger partial charge in [-0.15, -0.1) is 0 Å². The van der Waals surface area contributed by atoms with Gasteiger partial charge in [0, 0.05) is 12.6 Å². The first-order valence-electron chi connectivity index (χ1n) is 8.28. The van der Waals surface area contributed by atoms with E-state index < -0.39 is 0 Å². The highest BCUT2D eigenvalue weighted by Crippen LogP contribution is 2.17. The van der Waals surface area contributed by atoms with Crippen LogP contribution in [-0.4, -0.2) is 25.5 Å². The summed E-state index contributed by atoms with van der Waals surface area (Å²) < 4.78 is 5.87. The fourth-order valence-corrected chi connectivity index (χ4v) is 2.30. The molecule has 0 radical (unpaired) electrons. The smallest absolute Gasteiger partial charge is 0.224 e. The third-order valence-corrected chi connectivity index (χ3v) is 4.02. The normalized spacial score (nSPS) is 11.8. The molecule has 0 fully saturated rings. The van der Waals surface area contributed by atoms with Gasteiger partial charge in [0.05, 0.1) is 6.42 Å². The van der Waals surface area contributed by atoms with Gasteiger partial charge in [0.15, 0.2) is 0 Å². The summed E-state index contributed by atoms with van der Waals surface area (Å²) in [6, 6.07) is 16.2. The van der Waals surface area contributed by atoms with Gasteiger partial charge in [-0.1, -0.05) is 36.4 Å². The van der Waals surface area contributed by atoms with Crippen molar-refractivity contribution in [2.75, 3.05) is 13.6 Å². The number of likely N-dealkylation sites (N-methyl/N-ethyl adjacent to an activating group) is 1. The van der Waals surface area contributed by atoms with Crippen LogP contribution < -0.4 is 15.4 Å². The van der Waals surface area contributed by atoms with E-state index in [1.807, 2.05) is 50.4 Å². The second-order valence-electron chi connectivity index (χ2n) is 6.03. The van der Waals surface area contributed by atoms with Crippen molar-refractivity contribution in [1.82, 2.24) is 10.6 Å². The summed E-state index contributed by atoms with van der Waals surface area (Å²) in [5.74, 6) is 0.806. The Morgan fingerprint density at radius 3 is 2.71 bits per heavy atom. The van der Waals surface area contributed by atoms with Crippen LogP contribution >= 0.6 is 0 Å². The lowest BCUT2D eigenvalue weighted by Gasteiger charge is -2.12. The van der Waals surface area contributed by atoms with Gasteiger partial charge >= 0.3 is 0 Å². The first-order valence-corrected chi connectivity index (χ1v) is 8.28. The number of ether oxygens (including phenoxy) is 1. The van der Waals surface area contributed by atoms with Crippen LogP contribution in [0.3, 0.4) is 0 Å². The number of carbonyl (C=O) groups is 1. The van der Waals surface area contributed by atoms with Crippen LogP contribution in [0.25, 0.3) is 0 Å². The summed E-state index contributed by atoms with van der Waals surface area (Å²) in [4.78, 5) is 12.0. The van der Waals surface area contributed by atoms with Crippen LogP contribution in [-0.2, 0) is 17.8 Å². The van der Waals surface area contributed by atoms with E-state index >= 15 is 0 Å². The van der Waals surface area contributed by atoms with E-state index in [0.717, 1.165) is 11.3 Å². The lowest BCUT2D eigenvalue weighted by Crippen LogP contribution is -2.37. The second kappa shape index (κ2) is 9.08. The van der Waals surface area contributed by atoms with Crippen LogP contribution in [0.5, 0.6) is 5.75 Å². The molecule has 0 aliphatic carbocycles. The van der Waals surface area contributed by atoms with Crippen molar-refractivity contribution in [2.24, 2.45) is 0 Å². The molecule has 128 valence electrons. The van der Waals surface area contributed by atoms with Crippen LogP contribution in [0, 0.1) is 6.92 Å². The van der Waals surface area contributed by atoms with Crippen LogP contribution in [0.1, 0.15) is 23.6 Å². The van der Waals surface area contributed by atoms with Crippen molar-refractivity contribution >= 4 is 5.91 Å². The summed E-state index contributed by atoms with van der Waals surface area (Å²) in [7, 11) is 1.88. The van der Waals surface area contributed by atoms with Crippen LogP contribution in [0.4, 0.5) is 0 Å². The second-order valence-corrected chi connectivity index (χ2v) is 6.03. The van der Waals surface area contributed by atoms with E-state index in [1.165, 1.54) is 11.1 Å². The van der Waals surface area contributed by atoms with Gasteiger partial charge in [-0.05, 0) is 49.7 Å². The van der Waals surface area contributed by atoms with Gasteiger partial charge in [-0.3, -0.25) is 4.79 Å². The molecule has 0 saturated carbocycles. The summed E-state index contributed by atoms with van der Waals surface area (Å²) in [6.07, 6.45) is 0.359. The lowest BCUT2D eigenvalue weighted by atomic mass is 10.1. The van der Waals surface area contributed by atoms with Crippen molar-refractivity contribution in [3.05, 3.63) is 65.2 Å². The fraction of sp³-hybridized carbons (Fsp3) is 0.350. The Hall–Kier alpha value is -2.33. The monoisotopic (exact) mass is 326 g/mol. The third-order valence-electron chi connectivity index (χ3n) is 4.02. The molecule has 2 aromatic rings. The minimum atomic E-state index is 0.0214. The number of hydrogen-bond acceptors (Lipinski definition) is 3. The van der Waals surface area contributed by atoms with E-state index in [0.29, 0.717) is 19.6 Å². The number of aryl methyl sites for hydroxylation is 1. The van der Waals surface area contributed by atoms with Crippen molar-refractivity contribution in [3.8, 4) is 5.75 Å². The molecule has 4 heteroatoms. The molecule has 0 aliphatic heterocycles. The molecule has 4 nitrogen and oxygen atoms in total. The van der Waals surface area contributed by atoms with Crippen molar-refractivity contribution in [1.29, 1.82) is 0 Å². The zero-order valence-corrected chi connectivity index (χ0v) is 14.6. The molecule has 0 heterocycles. The molecule has 1 amide bonds. The predicted octanol–water partition coefficient (Wildman–Crippen LogP) is 2.84. The Kier molecular flexibility index (Phi) is 6.82. The molecule has 2 N–H and O–H groups in total. The van der Waals surface area contributed by atoms with Crippen molar-refractivity contribution < 1.29 is 9.53 Å². The van der Waals surface area contributed by atoms with Gasteiger partial charge in [0.25, 0.3) is 0 Å². The van der Waals surface area contributed by atoms with Crippen LogP contribution in [0.2, 0.25) is 0 Å². The third kappa shape index (κ3) is 5.70. The fourth-order valence-electron chi connectivity index (χ4n) is 2.30. The van der Waals surface area contributed by atoms with E-state index in [2.05, 4.69) is 29.7 Å². The average molecular weight is 326 g/mol. The predicted molar refractivity (Wildman–Crippen MR) is 97.2 cm³/mol. The van der Waals surface area contributed by atoms with Crippen LogP contribution in [0.15, 0.2) is 48.5 Å². The van der Waals surface area contributed by atoms with Gasteiger partial charge in [0.2, 0.25) is 5.91 Å². The maximum absolute atomic E-state index is 12.0. The molecule has 24 heavy (non-hydrogen) atoms. The Morgan fingerprint density at radius 1 is 1.17 bits per heavy atom. The molecule has 2 aromatic carbocycles. The van der Waals surface area contributed by atoms with Gasteiger partial charge in [-0.25, -0.2) is 0 Å². The number of rotatable bonds is 8. The Labute approximate surface area is 144 Å². The molecular weight excluding hydrogens is 300 g/mol. The molecule has 0 aliphatic rings. The topological polar surface area (TPSA) is 50.4 Å². The SMILES string of the molecule is CNC(C)CNC(=O)Cc1cccc(OCc2ccccc2C)c1. The number of amides is 1. The van der Waals surface area contributed by atoms with Gasteiger partial charge in [-0.2, -0.15) is 0 Å². The number of hydrogen-bond donors (Lipinski definition) is 2. The Balaban J connectivity index is 1.89. The summed E-state index contributed by atoms with van der Waals surface area (Å²) in [6.45, 7) is 5.26. The number of carbonyl (C=O) groups excluding carboxylic acids is 1. The first kappa shape index (κ1) is 18.0. The van der Waals surface area contributed by atoms with E-state index in [4.69, 9.17) is 4.74 Å². The molecule has 1 atom stereocenters. The molecule has 0 saturated heterocycles. The lowest BCUT2D eigenvalue weighted by molar-refractivity contribution is -0.120. The molecule has 0 aromatic heterocycles. The zero-order valence-electron chi connectivity index (χ0n) is 14.6. The highest BCUT2D eigenvalue weighted by Gasteiger charge is 2.06. The summed E-state index contributed by atoms with van der Waals surface area (Å²) in [5, 5.41) is 6.02.